The fourth-order valence-electron chi connectivity index (χ4n) is 15.3. The van der Waals surface area contributed by atoms with E-state index >= 15 is 0 Å². The Hall–Kier alpha value is -1.50. The second kappa shape index (κ2) is 12.7. The number of rotatable bonds is 3. The average Bonchev–Trinajstić information content (AvgIpc) is 3.54. The van der Waals surface area contributed by atoms with Gasteiger partial charge in [0.1, 0.15) is 11.9 Å². The summed E-state index contributed by atoms with van der Waals surface area (Å²) < 4.78 is 7.20. The van der Waals surface area contributed by atoms with Crippen molar-refractivity contribution >= 4 is 0 Å². The van der Waals surface area contributed by atoms with Crippen molar-refractivity contribution in [3.63, 3.8) is 0 Å². The first kappa shape index (κ1) is 30.3. The molecule has 10 unspecified atom stereocenters. The van der Waals surface area contributed by atoms with Crippen LogP contribution in [0.1, 0.15) is 154 Å². The molecule has 0 saturated heterocycles. The van der Waals surface area contributed by atoms with Crippen molar-refractivity contribution in [2.24, 2.45) is 65.1 Å². The van der Waals surface area contributed by atoms with Crippen LogP contribution in [0.25, 0.3) is 0 Å². The van der Waals surface area contributed by atoms with Gasteiger partial charge in [-0.1, -0.05) is 79.5 Å². The van der Waals surface area contributed by atoms with Crippen LogP contribution in [0.15, 0.2) is 57.9 Å². The van der Waals surface area contributed by atoms with E-state index in [1.807, 2.05) is 16.7 Å². The summed E-state index contributed by atoms with van der Waals surface area (Å²) in [6, 6.07) is 0. The zero-order chi connectivity index (χ0) is 30.9. The van der Waals surface area contributed by atoms with Crippen LogP contribution < -0.4 is 0 Å². The molecule has 47 heavy (non-hydrogen) atoms. The zero-order valence-electron chi connectivity index (χ0n) is 29.6. The molecular weight excluding hydrogens is 569 g/mol. The Bertz CT molecular complexity index is 1340. The highest BCUT2D eigenvalue weighted by molar-refractivity contribution is 5.54. The molecule has 0 spiro atoms. The first-order valence-corrected chi connectivity index (χ1v) is 21.5. The van der Waals surface area contributed by atoms with E-state index in [1.165, 1.54) is 134 Å². The molecule has 0 aromatic heterocycles. The minimum Gasteiger partial charge on any atom is -0.489 e. The van der Waals surface area contributed by atoms with Crippen molar-refractivity contribution in [1.82, 2.24) is 0 Å². The van der Waals surface area contributed by atoms with Crippen LogP contribution in [0.3, 0.4) is 0 Å². The minimum atomic E-state index is 0.364. The maximum absolute atomic E-state index is 7.20. The van der Waals surface area contributed by atoms with Gasteiger partial charge >= 0.3 is 0 Å². The topological polar surface area (TPSA) is 9.23 Å². The molecule has 0 N–H and O–H groups in total. The number of allylic oxidation sites excluding steroid dienone is 8. The maximum Gasteiger partial charge on any atom is 0.127 e. The Morgan fingerprint density at radius 3 is 2.06 bits per heavy atom. The Morgan fingerprint density at radius 2 is 1.28 bits per heavy atom. The van der Waals surface area contributed by atoms with Gasteiger partial charge in [-0.15, -0.1) is 0 Å². The quantitative estimate of drug-likeness (QED) is 0.281. The number of fused-ring (bicyclic) bond motifs is 6. The SMILES string of the molecule is C1=CC2=C(CC1)OC1C2=C(C2C3CCCCC3C(C3CC4=C(CCCC4)C4CCCCC43)C3CCCCC32)CCC1C1CC=CCC1. The third-order valence-electron chi connectivity index (χ3n) is 16.8. The Balaban J connectivity index is 1.06. The van der Waals surface area contributed by atoms with E-state index in [0.717, 1.165) is 71.5 Å². The van der Waals surface area contributed by atoms with E-state index in [0.29, 0.717) is 6.10 Å². The average molecular weight is 633 g/mol. The molecular formula is C46H64O. The summed E-state index contributed by atoms with van der Waals surface area (Å²) in [5.41, 5.74) is 9.38. The van der Waals surface area contributed by atoms with Crippen molar-refractivity contribution < 1.29 is 4.74 Å². The molecule has 254 valence electrons. The summed E-state index contributed by atoms with van der Waals surface area (Å²) in [6.45, 7) is 0. The molecule has 1 aliphatic heterocycles. The highest BCUT2D eigenvalue weighted by Crippen LogP contribution is 2.66. The third kappa shape index (κ3) is 5.02. The van der Waals surface area contributed by atoms with Gasteiger partial charge in [-0.2, -0.15) is 0 Å². The normalized spacial score (nSPS) is 46.1. The molecule has 1 heterocycles. The van der Waals surface area contributed by atoms with Gasteiger partial charge < -0.3 is 4.74 Å². The summed E-state index contributed by atoms with van der Waals surface area (Å²) in [7, 11) is 0. The van der Waals surface area contributed by atoms with Crippen LogP contribution in [0, 0.1) is 65.1 Å². The second-order valence-electron chi connectivity index (χ2n) is 18.6. The standard InChI is InChI=1S/C46H64O/c1-2-14-29(15-3-1)32-26-27-40(45-39-24-12-13-25-42(39)47-46(32)45)43-35-20-8-10-22-37(35)44(38-23-11-9-21-36(38)43)41-28-30-16-4-5-17-31(30)33-18-6-7-19-34(33)41/h1-2,12,24,29,32-38,41,43-44,46H,3-11,13-23,25-28H2. The predicted octanol–water partition coefficient (Wildman–Crippen LogP) is 12.6. The Kier molecular flexibility index (Phi) is 8.18. The summed E-state index contributed by atoms with van der Waals surface area (Å²) in [4.78, 5) is 0. The van der Waals surface area contributed by atoms with Gasteiger partial charge in [0, 0.05) is 23.5 Å². The van der Waals surface area contributed by atoms with E-state index in [9.17, 15) is 0 Å². The lowest BCUT2D eigenvalue weighted by molar-refractivity contribution is -0.0942. The van der Waals surface area contributed by atoms with Crippen LogP contribution in [0.5, 0.6) is 0 Å². The van der Waals surface area contributed by atoms with Crippen LogP contribution in [-0.4, -0.2) is 6.10 Å². The largest absolute Gasteiger partial charge is 0.489 e. The number of hydrogen-bond donors (Lipinski definition) is 0. The number of hydrogen-bond acceptors (Lipinski definition) is 1. The van der Waals surface area contributed by atoms with Gasteiger partial charge in [-0.05, 0) is 168 Å². The van der Waals surface area contributed by atoms with Gasteiger partial charge in [0.25, 0.3) is 0 Å². The second-order valence-corrected chi connectivity index (χ2v) is 18.6. The monoisotopic (exact) mass is 632 g/mol. The highest BCUT2D eigenvalue weighted by atomic mass is 16.5. The van der Waals surface area contributed by atoms with Gasteiger partial charge in [0.05, 0.1) is 0 Å². The van der Waals surface area contributed by atoms with E-state index < -0.39 is 0 Å². The van der Waals surface area contributed by atoms with E-state index in [2.05, 4.69) is 24.3 Å². The lowest BCUT2D eigenvalue weighted by Crippen LogP contribution is -2.54. The molecule has 4 fully saturated rings. The molecule has 10 atom stereocenters. The molecule has 10 aliphatic rings. The van der Waals surface area contributed by atoms with Crippen molar-refractivity contribution in [1.29, 1.82) is 0 Å². The van der Waals surface area contributed by atoms with E-state index in [4.69, 9.17) is 4.74 Å². The minimum absolute atomic E-state index is 0.364. The molecule has 1 heteroatoms. The third-order valence-corrected chi connectivity index (χ3v) is 16.8. The van der Waals surface area contributed by atoms with Gasteiger partial charge in [-0.3, -0.25) is 0 Å². The smallest absolute Gasteiger partial charge is 0.127 e. The highest BCUT2D eigenvalue weighted by Gasteiger charge is 2.58. The van der Waals surface area contributed by atoms with Crippen molar-refractivity contribution in [3.05, 3.63) is 57.9 Å². The summed E-state index contributed by atoms with van der Waals surface area (Å²) in [5, 5.41) is 0. The Morgan fingerprint density at radius 1 is 0.532 bits per heavy atom. The first-order valence-electron chi connectivity index (χ1n) is 21.5. The molecule has 1 nitrogen and oxygen atoms in total. The summed E-state index contributed by atoms with van der Waals surface area (Å²) in [5.74, 6) is 11.7. The fourth-order valence-corrected chi connectivity index (χ4v) is 15.3. The van der Waals surface area contributed by atoms with Crippen LogP contribution in [0.2, 0.25) is 0 Å². The molecule has 0 amide bonds. The van der Waals surface area contributed by atoms with Gasteiger partial charge in [0.2, 0.25) is 0 Å². The zero-order valence-corrected chi connectivity index (χ0v) is 29.6. The molecule has 4 saturated carbocycles. The molecule has 0 aromatic rings. The fraction of sp³-hybridized carbons (Fsp3) is 0.783. The van der Waals surface area contributed by atoms with Crippen LogP contribution in [-0.2, 0) is 4.74 Å². The molecule has 0 radical (unpaired) electrons. The van der Waals surface area contributed by atoms with E-state index in [-0.39, 0.29) is 0 Å². The van der Waals surface area contributed by atoms with Crippen LogP contribution in [0.4, 0.5) is 0 Å². The summed E-state index contributed by atoms with van der Waals surface area (Å²) >= 11 is 0. The molecule has 0 bridgehead atoms. The number of ether oxygens (including phenoxy) is 1. The van der Waals surface area contributed by atoms with Crippen molar-refractivity contribution in [2.75, 3.05) is 0 Å². The summed E-state index contributed by atoms with van der Waals surface area (Å²) in [6.07, 6.45) is 45.2. The lowest BCUT2D eigenvalue weighted by Gasteiger charge is -2.61. The van der Waals surface area contributed by atoms with E-state index in [1.54, 1.807) is 30.4 Å². The maximum atomic E-state index is 7.20. The molecule has 10 rings (SSSR count). The first-order chi connectivity index (χ1) is 23.3. The predicted molar refractivity (Wildman–Crippen MR) is 193 cm³/mol. The van der Waals surface area contributed by atoms with Crippen molar-refractivity contribution in [3.8, 4) is 0 Å². The van der Waals surface area contributed by atoms with Gasteiger partial charge in [0.15, 0.2) is 0 Å². The Labute approximate surface area is 287 Å². The van der Waals surface area contributed by atoms with Gasteiger partial charge in [-0.25, -0.2) is 0 Å². The molecule has 9 aliphatic carbocycles. The molecule has 0 aromatic carbocycles. The van der Waals surface area contributed by atoms with Crippen LogP contribution >= 0.6 is 0 Å². The van der Waals surface area contributed by atoms with Crippen molar-refractivity contribution in [2.45, 2.75) is 160 Å². The lowest BCUT2D eigenvalue weighted by atomic mass is 9.44.